The summed E-state index contributed by atoms with van der Waals surface area (Å²) in [5.41, 5.74) is 2.55. The molecule has 1 aliphatic heterocycles. The minimum Gasteiger partial charge on any atom is -0.376 e. The largest absolute Gasteiger partial charge is 0.376 e. The van der Waals surface area contributed by atoms with Gasteiger partial charge in [0.05, 0.1) is 23.8 Å². The van der Waals surface area contributed by atoms with Crippen molar-refractivity contribution in [1.82, 2.24) is 0 Å². The zero-order valence-corrected chi connectivity index (χ0v) is 10.2. The SMILES string of the molecule is O=C1C[C@H](c2ccc(F)cc2)Nc2ccccc2N1. The van der Waals surface area contributed by atoms with Crippen LogP contribution in [0.25, 0.3) is 0 Å². The van der Waals surface area contributed by atoms with E-state index >= 15 is 0 Å². The van der Waals surface area contributed by atoms with E-state index in [9.17, 15) is 9.18 Å². The van der Waals surface area contributed by atoms with Crippen molar-refractivity contribution in [3.8, 4) is 0 Å². The van der Waals surface area contributed by atoms with Crippen molar-refractivity contribution in [1.29, 1.82) is 0 Å². The van der Waals surface area contributed by atoms with Crippen molar-refractivity contribution >= 4 is 17.3 Å². The number of rotatable bonds is 1. The lowest BCUT2D eigenvalue weighted by atomic mass is 10.0. The number of carbonyl (C=O) groups excluding carboxylic acids is 1. The molecule has 1 amide bonds. The van der Waals surface area contributed by atoms with E-state index in [0.717, 1.165) is 16.9 Å². The molecule has 19 heavy (non-hydrogen) atoms. The summed E-state index contributed by atoms with van der Waals surface area (Å²) < 4.78 is 13.0. The highest BCUT2D eigenvalue weighted by Gasteiger charge is 2.21. The Morgan fingerprint density at radius 1 is 1.00 bits per heavy atom. The quantitative estimate of drug-likeness (QED) is 0.821. The topological polar surface area (TPSA) is 41.1 Å². The van der Waals surface area contributed by atoms with Gasteiger partial charge in [0.2, 0.25) is 5.91 Å². The van der Waals surface area contributed by atoms with Crippen LogP contribution < -0.4 is 10.6 Å². The third-order valence-electron chi connectivity index (χ3n) is 3.19. The number of fused-ring (bicyclic) bond motifs is 1. The van der Waals surface area contributed by atoms with Crippen LogP contribution in [-0.2, 0) is 4.79 Å². The predicted octanol–water partition coefficient (Wildman–Crippen LogP) is 3.32. The molecule has 0 bridgehead atoms. The molecule has 0 fully saturated rings. The van der Waals surface area contributed by atoms with E-state index in [0.29, 0.717) is 6.42 Å². The molecule has 3 nitrogen and oxygen atoms in total. The number of benzene rings is 2. The fourth-order valence-electron chi connectivity index (χ4n) is 2.24. The molecule has 2 aromatic carbocycles. The number of amides is 1. The van der Waals surface area contributed by atoms with E-state index in [1.807, 2.05) is 24.3 Å². The summed E-state index contributed by atoms with van der Waals surface area (Å²) in [6.07, 6.45) is 0.320. The van der Waals surface area contributed by atoms with Crippen LogP contribution in [0.2, 0.25) is 0 Å². The zero-order valence-electron chi connectivity index (χ0n) is 10.2. The third kappa shape index (κ3) is 2.42. The number of halogens is 1. The van der Waals surface area contributed by atoms with Crippen LogP contribution >= 0.6 is 0 Å². The van der Waals surface area contributed by atoms with Crippen LogP contribution in [0.1, 0.15) is 18.0 Å². The lowest BCUT2D eigenvalue weighted by Gasteiger charge is -2.17. The summed E-state index contributed by atoms with van der Waals surface area (Å²) in [5.74, 6) is -0.325. The Morgan fingerprint density at radius 2 is 1.68 bits per heavy atom. The molecular weight excluding hydrogens is 243 g/mol. The van der Waals surface area contributed by atoms with Gasteiger partial charge in [-0.1, -0.05) is 24.3 Å². The fraction of sp³-hybridized carbons (Fsp3) is 0.133. The van der Waals surface area contributed by atoms with E-state index in [1.54, 1.807) is 12.1 Å². The Balaban J connectivity index is 1.95. The lowest BCUT2D eigenvalue weighted by Crippen LogP contribution is -2.15. The van der Waals surface area contributed by atoms with Gasteiger partial charge in [-0.2, -0.15) is 0 Å². The molecule has 3 rings (SSSR count). The second-order valence-electron chi connectivity index (χ2n) is 4.55. The lowest BCUT2D eigenvalue weighted by molar-refractivity contribution is -0.116. The van der Waals surface area contributed by atoms with E-state index < -0.39 is 0 Å². The van der Waals surface area contributed by atoms with Crippen LogP contribution in [0.4, 0.5) is 15.8 Å². The highest BCUT2D eigenvalue weighted by molar-refractivity contribution is 5.96. The van der Waals surface area contributed by atoms with Crippen molar-refractivity contribution in [3.05, 3.63) is 59.9 Å². The minimum atomic E-state index is -0.276. The molecule has 1 heterocycles. The molecule has 0 aromatic heterocycles. The van der Waals surface area contributed by atoms with Gasteiger partial charge in [-0.25, -0.2) is 4.39 Å². The molecule has 0 saturated heterocycles. The summed E-state index contributed by atoms with van der Waals surface area (Å²) >= 11 is 0. The summed E-state index contributed by atoms with van der Waals surface area (Å²) in [6, 6.07) is 13.6. The van der Waals surface area contributed by atoms with Crippen LogP contribution in [-0.4, -0.2) is 5.91 Å². The van der Waals surface area contributed by atoms with Crippen molar-refractivity contribution in [3.63, 3.8) is 0 Å². The van der Waals surface area contributed by atoms with Gasteiger partial charge in [-0.05, 0) is 29.8 Å². The normalized spacial score (nSPS) is 17.9. The molecule has 0 spiro atoms. The number of nitrogens with one attached hydrogen (secondary N) is 2. The first kappa shape index (κ1) is 11.7. The molecule has 0 saturated carbocycles. The van der Waals surface area contributed by atoms with Gasteiger partial charge in [-0.15, -0.1) is 0 Å². The Hall–Kier alpha value is -2.36. The molecule has 2 N–H and O–H groups in total. The fourth-order valence-corrected chi connectivity index (χ4v) is 2.24. The second-order valence-corrected chi connectivity index (χ2v) is 4.55. The summed E-state index contributed by atoms with van der Waals surface area (Å²) in [5, 5.41) is 6.18. The van der Waals surface area contributed by atoms with E-state index in [4.69, 9.17) is 0 Å². The summed E-state index contributed by atoms with van der Waals surface area (Å²) in [6.45, 7) is 0. The van der Waals surface area contributed by atoms with Gasteiger partial charge in [0.1, 0.15) is 5.82 Å². The smallest absolute Gasteiger partial charge is 0.226 e. The molecule has 96 valence electrons. The third-order valence-corrected chi connectivity index (χ3v) is 3.19. The molecule has 1 atom stereocenters. The van der Waals surface area contributed by atoms with Gasteiger partial charge >= 0.3 is 0 Å². The predicted molar refractivity (Wildman–Crippen MR) is 72.5 cm³/mol. The molecular formula is C15H13FN2O. The van der Waals surface area contributed by atoms with E-state index in [1.165, 1.54) is 12.1 Å². The average molecular weight is 256 g/mol. The Morgan fingerprint density at radius 3 is 2.42 bits per heavy atom. The van der Waals surface area contributed by atoms with Crippen molar-refractivity contribution in [2.24, 2.45) is 0 Å². The standard InChI is InChI=1S/C15H13FN2O/c16-11-7-5-10(6-8-11)14-9-15(19)18-13-4-2-1-3-12(13)17-14/h1-8,14,17H,9H2,(H,18,19)/t14-/m1/s1. The number of hydrogen-bond donors (Lipinski definition) is 2. The highest BCUT2D eigenvalue weighted by Crippen LogP contribution is 2.31. The molecule has 0 unspecified atom stereocenters. The van der Waals surface area contributed by atoms with Crippen molar-refractivity contribution < 1.29 is 9.18 Å². The monoisotopic (exact) mass is 256 g/mol. The Kier molecular flexibility index (Phi) is 2.91. The molecule has 1 aliphatic rings. The highest BCUT2D eigenvalue weighted by atomic mass is 19.1. The van der Waals surface area contributed by atoms with Crippen LogP contribution in [0.5, 0.6) is 0 Å². The van der Waals surface area contributed by atoms with Gasteiger partial charge in [-0.3, -0.25) is 4.79 Å². The van der Waals surface area contributed by atoms with Crippen LogP contribution in [0, 0.1) is 5.82 Å². The van der Waals surface area contributed by atoms with E-state index in [-0.39, 0.29) is 17.8 Å². The first-order valence-corrected chi connectivity index (χ1v) is 6.13. The Bertz CT molecular complexity index is 610. The van der Waals surface area contributed by atoms with Crippen molar-refractivity contribution in [2.45, 2.75) is 12.5 Å². The number of hydrogen-bond acceptors (Lipinski definition) is 2. The number of carbonyl (C=O) groups is 1. The van der Waals surface area contributed by atoms with Crippen LogP contribution in [0.3, 0.4) is 0 Å². The van der Waals surface area contributed by atoms with Crippen LogP contribution in [0.15, 0.2) is 48.5 Å². The number of anilines is 2. The molecule has 2 aromatic rings. The average Bonchev–Trinajstić information content (AvgIpc) is 2.57. The summed E-state index contributed by atoms with van der Waals surface area (Å²) in [4.78, 5) is 11.9. The number of para-hydroxylation sites is 2. The van der Waals surface area contributed by atoms with Gasteiger partial charge < -0.3 is 10.6 Å². The van der Waals surface area contributed by atoms with Gasteiger partial charge in [0, 0.05) is 0 Å². The van der Waals surface area contributed by atoms with Crippen molar-refractivity contribution in [2.75, 3.05) is 10.6 Å². The zero-order chi connectivity index (χ0) is 13.2. The maximum absolute atomic E-state index is 13.0. The Labute approximate surface area is 110 Å². The maximum Gasteiger partial charge on any atom is 0.226 e. The molecule has 0 radical (unpaired) electrons. The summed E-state index contributed by atoms with van der Waals surface area (Å²) in [7, 11) is 0. The first-order valence-electron chi connectivity index (χ1n) is 6.13. The van der Waals surface area contributed by atoms with E-state index in [2.05, 4.69) is 10.6 Å². The minimum absolute atomic E-state index is 0.0493. The first-order chi connectivity index (χ1) is 9.22. The molecule has 0 aliphatic carbocycles. The molecule has 4 heteroatoms. The van der Waals surface area contributed by atoms with Gasteiger partial charge in [0.15, 0.2) is 0 Å². The second kappa shape index (κ2) is 4.72. The maximum atomic E-state index is 13.0. The van der Waals surface area contributed by atoms with Gasteiger partial charge in [0.25, 0.3) is 0 Å².